The number of nitriles is 4. The molecule has 0 unspecified atom stereocenters. The van der Waals surface area contributed by atoms with Crippen molar-refractivity contribution in [3.05, 3.63) is 234 Å². The predicted octanol–water partition coefficient (Wildman–Crippen LogP) is 16.1. The fourth-order valence-electron chi connectivity index (χ4n) is 10.2. The lowest BCUT2D eigenvalue weighted by Gasteiger charge is -2.19. The standard InChI is InChI=1S/C64H34F3N7/c65-64(66,67)51-19-24-61(73-57-20-15-47(43-10-1-6-39(26-43)35-68)30-52(57)53-31-48(16-21-58(53)73)44-11-2-7-40(27-44)36-69)56(34-51)63-62(14-5-25-72-63)74-59-22-17-49(45-12-3-8-41(28-45)37-70)32-54(59)55-33-50(18-23-60(55)74)46-13-4-9-42(29-46)38-71/h1-34H. The molecule has 0 aliphatic rings. The van der Waals surface area contributed by atoms with Crippen molar-refractivity contribution in [2.75, 3.05) is 0 Å². The summed E-state index contributed by atoms with van der Waals surface area (Å²) in [4.78, 5) is 4.97. The van der Waals surface area contributed by atoms with Crippen molar-refractivity contribution >= 4 is 43.6 Å². The molecular formula is C64H34F3N7. The zero-order valence-corrected chi connectivity index (χ0v) is 38.9. The summed E-state index contributed by atoms with van der Waals surface area (Å²) < 4.78 is 49.4. The zero-order chi connectivity index (χ0) is 50.7. The highest BCUT2D eigenvalue weighted by Crippen LogP contribution is 2.45. The van der Waals surface area contributed by atoms with Crippen LogP contribution in [0.3, 0.4) is 0 Å². The Balaban J connectivity index is 1.13. The maximum atomic E-state index is 15.1. The van der Waals surface area contributed by atoms with E-state index in [4.69, 9.17) is 4.98 Å². The molecule has 0 saturated carbocycles. The van der Waals surface area contributed by atoms with Crippen LogP contribution in [0.15, 0.2) is 206 Å². The predicted molar refractivity (Wildman–Crippen MR) is 284 cm³/mol. The van der Waals surface area contributed by atoms with Crippen molar-refractivity contribution in [2.45, 2.75) is 6.18 Å². The average Bonchev–Trinajstić information content (AvgIpc) is 3.96. The molecule has 0 atom stereocenters. The Morgan fingerprint density at radius 3 is 1.05 bits per heavy atom. The van der Waals surface area contributed by atoms with Gasteiger partial charge < -0.3 is 9.13 Å². The maximum Gasteiger partial charge on any atom is 0.416 e. The number of fused-ring (bicyclic) bond motifs is 6. The van der Waals surface area contributed by atoms with Gasteiger partial charge in [-0.05, 0) is 172 Å². The van der Waals surface area contributed by atoms with E-state index in [-0.39, 0.29) is 5.56 Å². The fourth-order valence-corrected chi connectivity index (χ4v) is 10.2. The number of aromatic nitrogens is 3. The van der Waals surface area contributed by atoms with E-state index in [1.54, 1.807) is 36.5 Å². The van der Waals surface area contributed by atoms with E-state index in [0.29, 0.717) is 39.3 Å². The van der Waals surface area contributed by atoms with Crippen LogP contribution in [0.5, 0.6) is 0 Å². The third kappa shape index (κ3) is 7.65. The van der Waals surface area contributed by atoms with Crippen LogP contribution in [-0.4, -0.2) is 14.1 Å². The summed E-state index contributed by atoms with van der Waals surface area (Å²) in [7, 11) is 0. The molecule has 0 spiro atoms. The van der Waals surface area contributed by atoms with E-state index >= 15 is 13.2 Å². The number of rotatable bonds is 7. The number of alkyl halides is 3. The van der Waals surface area contributed by atoms with Gasteiger partial charge in [0.1, 0.15) is 0 Å². The number of pyridine rings is 1. The molecule has 3 heterocycles. The highest BCUT2D eigenvalue weighted by Gasteiger charge is 2.33. The van der Waals surface area contributed by atoms with Gasteiger partial charge in [-0.25, -0.2) is 0 Å². The summed E-state index contributed by atoms with van der Waals surface area (Å²) in [6, 6.07) is 69.8. The van der Waals surface area contributed by atoms with Gasteiger partial charge in [-0.1, -0.05) is 72.8 Å². The van der Waals surface area contributed by atoms with E-state index in [1.807, 2.05) is 149 Å². The molecule has 9 aromatic carbocycles. The molecule has 0 aliphatic carbocycles. The minimum Gasteiger partial charge on any atom is -0.309 e. The molecular weight excluding hydrogens is 924 g/mol. The Bertz CT molecular complexity index is 4260. The first-order chi connectivity index (χ1) is 36.1. The highest BCUT2D eigenvalue weighted by molar-refractivity contribution is 6.14. The van der Waals surface area contributed by atoms with E-state index in [2.05, 4.69) is 36.4 Å². The Kier molecular flexibility index (Phi) is 10.7. The van der Waals surface area contributed by atoms with Crippen molar-refractivity contribution in [3.8, 4) is 91.4 Å². The summed E-state index contributed by atoms with van der Waals surface area (Å²) in [6.07, 6.45) is -3.11. The van der Waals surface area contributed by atoms with Gasteiger partial charge in [-0.3, -0.25) is 4.98 Å². The van der Waals surface area contributed by atoms with Crippen LogP contribution in [0.2, 0.25) is 0 Å². The molecule has 0 fully saturated rings. The zero-order valence-electron chi connectivity index (χ0n) is 38.9. The molecule has 0 radical (unpaired) electrons. The van der Waals surface area contributed by atoms with Crippen LogP contribution in [0.4, 0.5) is 13.2 Å². The third-order valence-corrected chi connectivity index (χ3v) is 13.7. The molecule has 74 heavy (non-hydrogen) atoms. The van der Waals surface area contributed by atoms with Crippen LogP contribution in [-0.2, 0) is 6.18 Å². The van der Waals surface area contributed by atoms with Gasteiger partial charge in [0.15, 0.2) is 0 Å². The van der Waals surface area contributed by atoms with E-state index in [9.17, 15) is 21.0 Å². The van der Waals surface area contributed by atoms with Gasteiger partial charge in [-0.2, -0.15) is 34.2 Å². The van der Waals surface area contributed by atoms with Crippen molar-refractivity contribution < 1.29 is 13.2 Å². The Hall–Kier alpha value is -10.5. The van der Waals surface area contributed by atoms with E-state index in [1.165, 1.54) is 12.1 Å². The first-order valence-corrected chi connectivity index (χ1v) is 23.5. The van der Waals surface area contributed by atoms with Gasteiger partial charge in [0, 0.05) is 33.3 Å². The minimum atomic E-state index is -4.70. The molecule has 0 bridgehead atoms. The molecule has 0 N–H and O–H groups in total. The second-order valence-corrected chi connectivity index (χ2v) is 18.0. The number of benzene rings is 9. The number of hydrogen-bond acceptors (Lipinski definition) is 5. The largest absolute Gasteiger partial charge is 0.416 e. The van der Waals surface area contributed by atoms with Crippen molar-refractivity contribution in [1.29, 1.82) is 21.0 Å². The summed E-state index contributed by atoms with van der Waals surface area (Å²) in [6.45, 7) is 0. The van der Waals surface area contributed by atoms with Crippen LogP contribution in [0, 0.1) is 45.3 Å². The summed E-state index contributed by atoms with van der Waals surface area (Å²) in [5.41, 5.74) is 12.5. The molecule has 12 rings (SSSR count). The second-order valence-electron chi connectivity index (χ2n) is 18.0. The van der Waals surface area contributed by atoms with Gasteiger partial charge in [-0.15, -0.1) is 0 Å². The Morgan fingerprint density at radius 2 is 0.703 bits per heavy atom. The topological polar surface area (TPSA) is 118 Å². The van der Waals surface area contributed by atoms with Gasteiger partial charge in [0.2, 0.25) is 0 Å². The number of hydrogen-bond donors (Lipinski definition) is 0. The Labute approximate surface area is 422 Å². The molecule has 7 nitrogen and oxygen atoms in total. The third-order valence-electron chi connectivity index (χ3n) is 13.7. The van der Waals surface area contributed by atoms with Crippen molar-refractivity contribution in [3.63, 3.8) is 0 Å². The van der Waals surface area contributed by atoms with Crippen LogP contribution >= 0.6 is 0 Å². The minimum absolute atomic E-state index is 0.232. The molecule has 12 aromatic rings. The lowest BCUT2D eigenvalue weighted by atomic mass is 9.99. The van der Waals surface area contributed by atoms with Crippen LogP contribution in [0.25, 0.3) is 111 Å². The van der Waals surface area contributed by atoms with E-state index < -0.39 is 11.7 Å². The molecule has 0 amide bonds. The molecule has 346 valence electrons. The first kappa shape index (κ1) is 44.7. The summed E-state index contributed by atoms with van der Waals surface area (Å²) in [5, 5.41) is 42.4. The quantitative estimate of drug-likeness (QED) is 0.158. The SMILES string of the molecule is N#Cc1cccc(-c2ccc3c(c2)c2cc(-c4cccc(C#N)c4)ccc2n3-c2ccc(C(F)(F)F)cc2-c2ncccc2-n2c3ccc(-c4cccc(C#N)c4)cc3c3cc(-c4cccc(C#N)c4)ccc32)c1. The van der Waals surface area contributed by atoms with Crippen LogP contribution in [0.1, 0.15) is 27.8 Å². The average molecular weight is 958 g/mol. The highest BCUT2D eigenvalue weighted by atomic mass is 19.4. The summed E-state index contributed by atoms with van der Waals surface area (Å²) in [5.74, 6) is 0. The fraction of sp³-hybridized carbons (Fsp3) is 0.0156. The van der Waals surface area contributed by atoms with Gasteiger partial charge in [0.25, 0.3) is 0 Å². The van der Waals surface area contributed by atoms with Crippen molar-refractivity contribution in [2.24, 2.45) is 0 Å². The molecule has 0 aliphatic heterocycles. The summed E-state index contributed by atoms with van der Waals surface area (Å²) >= 11 is 0. The van der Waals surface area contributed by atoms with Crippen LogP contribution < -0.4 is 0 Å². The number of halogens is 3. The molecule has 10 heteroatoms. The number of nitrogens with zero attached hydrogens (tertiary/aromatic N) is 7. The monoisotopic (exact) mass is 957 g/mol. The first-order valence-electron chi connectivity index (χ1n) is 23.5. The molecule has 3 aromatic heterocycles. The van der Waals surface area contributed by atoms with E-state index in [0.717, 1.165) is 94.2 Å². The smallest absolute Gasteiger partial charge is 0.309 e. The maximum absolute atomic E-state index is 15.1. The second kappa shape index (κ2) is 17.7. The lowest BCUT2D eigenvalue weighted by Crippen LogP contribution is -2.08. The normalized spacial score (nSPS) is 11.4. The lowest BCUT2D eigenvalue weighted by molar-refractivity contribution is -0.137. The van der Waals surface area contributed by atoms with Gasteiger partial charge >= 0.3 is 6.18 Å². The van der Waals surface area contributed by atoms with Crippen molar-refractivity contribution in [1.82, 2.24) is 14.1 Å². The molecule has 0 saturated heterocycles. The Morgan fingerprint density at radius 1 is 0.351 bits per heavy atom. The van der Waals surface area contributed by atoms with Gasteiger partial charge in [0.05, 0.1) is 91.2 Å².